The van der Waals surface area contributed by atoms with Crippen LogP contribution in [0.4, 0.5) is 0 Å². The number of carbonyl (C=O) groups is 3. The van der Waals surface area contributed by atoms with Crippen molar-refractivity contribution >= 4 is 58.6 Å². The Labute approximate surface area is 274 Å². The fourth-order valence-electron chi connectivity index (χ4n) is 4.27. The summed E-state index contributed by atoms with van der Waals surface area (Å²) in [7, 11) is 0. The third kappa shape index (κ3) is 9.29. The van der Waals surface area contributed by atoms with E-state index in [-0.39, 0.29) is 23.3 Å². The summed E-state index contributed by atoms with van der Waals surface area (Å²) in [6.45, 7) is 3.09. The molecule has 0 aliphatic carbocycles. The number of esters is 3. The molecule has 1 unspecified atom stereocenters. The standard InChI is InChI=1S/C32H28Cl3NO9/c1-2-18-40-25-24(43-28(38)21-14-8-4-9-15-21)23(19-41-27(37)20-12-6-3-7-13-20)42-30(45-31(36)32(33,34)35)26(25)44-29(39)22-16-10-5-11-17-22/h2-17,23-26,30,36H,1,18-19H2/t23-,24-,25+,26-,30?/m1/s1. The van der Waals surface area contributed by atoms with Gasteiger partial charge in [-0.3, -0.25) is 5.41 Å². The van der Waals surface area contributed by atoms with E-state index in [0.717, 1.165) is 0 Å². The first-order valence-electron chi connectivity index (χ1n) is 13.5. The molecule has 5 atom stereocenters. The fourth-order valence-corrected chi connectivity index (χ4v) is 4.41. The van der Waals surface area contributed by atoms with Crippen molar-refractivity contribution in [2.45, 2.75) is 34.5 Å². The molecule has 0 amide bonds. The summed E-state index contributed by atoms with van der Waals surface area (Å²) >= 11 is 17.6. The molecular weight excluding hydrogens is 649 g/mol. The molecule has 4 rings (SSSR count). The van der Waals surface area contributed by atoms with Crippen molar-refractivity contribution in [3.63, 3.8) is 0 Å². The summed E-state index contributed by atoms with van der Waals surface area (Å²) in [4.78, 5) is 39.4. The largest absolute Gasteiger partial charge is 0.459 e. The molecule has 0 radical (unpaired) electrons. The van der Waals surface area contributed by atoms with Gasteiger partial charge in [0.05, 0.1) is 23.3 Å². The highest BCUT2D eigenvalue weighted by atomic mass is 35.6. The van der Waals surface area contributed by atoms with Crippen LogP contribution in [0.3, 0.4) is 0 Å². The van der Waals surface area contributed by atoms with E-state index in [1.807, 2.05) is 0 Å². The minimum atomic E-state index is -2.32. The molecule has 1 saturated heterocycles. The number of halogens is 3. The Kier molecular flexibility index (Phi) is 12.0. The number of nitrogens with one attached hydrogen (secondary N) is 1. The summed E-state index contributed by atoms with van der Waals surface area (Å²) in [5, 5.41) is 8.17. The van der Waals surface area contributed by atoms with Crippen LogP contribution in [-0.4, -0.2) is 71.5 Å². The van der Waals surface area contributed by atoms with Crippen LogP contribution in [0, 0.1) is 5.41 Å². The van der Waals surface area contributed by atoms with Gasteiger partial charge in [0.25, 0.3) is 3.79 Å². The number of hydrogen-bond acceptors (Lipinski definition) is 10. The van der Waals surface area contributed by atoms with E-state index in [0.29, 0.717) is 0 Å². The Morgan fingerprint density at radius 2 is 1.20 bits per heavy atom. The Balaban J connectivity index is 1.72. The number of carbonyl (C=O) groups excluding carboxylic acids is 3. The SMILES string of the molecule is C=CCO[C@H]1[C@H](OC(=O)c2ccccc2)[C@@H](COC(=O)c2ccccc2)OC(OC(=N)C(Cl)(Cl)Cl)[C@@H]1OC(=O)c1ccccc1. The van der Waals surface area contributed by atoms with Crippen molar-refractivity contribution in [2.24, 2.45) is 0 Å². The van der Waals surface area contributed by atoms with Gasteiger partial charge in [-0.25, -0.2) is 14.4 Å². The second-order valence-corrected chi connectivity index (χ2v) is 11.8. The third-order valence-electron chi connectivity index (χ3n) is 6.38. The number of benzene rings is 3. The van der Waals surface area contributed by atoms with Crippen LogP contribution >= 0.6 is 34.8 Å². The Hall–Kier alpha value is -3.93. The quantitative estimate of drug-likeness (QED) is 0.0654. The van der Waals surface area contributed by atoms with Crippen molar-refractivity contribution in [3.8, 4) is 0 Å². The van der Waals surface area contributed by atoms with Crippen molar-refractivity contribution in [2.75, 3.05) is 13.2 Å². The monoisotopic (exact) mass is 675 g/mol. The van der Waals surface area contributed by atoms with Crippen molar-refractivity contribution in [1.29, 1.82) is 5.41 Å². The molecule has 3 aromatic rings. The van der Waals surface area contributed by atoms with Crippen molar-refractivity contribution in [1.82, 2.24) is 0 Å². The van der Waals surface area contributed by atoms with E-state index in [1.165, 1.54) is 30.3 Å². The highest BCUT2D eigenvalue weighted by Gasteiger charge is 2.53. The maximum atomic E-state index is 13.3. The second kappa shape index (κ2) is 15.9. The second-order valence-electron chi connectivity index (χ2n) is 9.51. The van der Waals surface area contributed by atoms with Gasteiger partial charge in [-0.2, -0.15) is 0 Å². The van der Waals surface area contributed by atoms with Crippen LogP contribution in [0.5, 0.6) is 0 Å². The van der Waals surface area contributed by atoms with Crippen LogP contribution in [0.15, 0.2) is 104 Å². The first-order valence-corrected chi connectivity index (χ1v) is 14.7. The lowest BCUT2D eigenvalue weighted by molar-refractivity contribution is -0.286. The topological polar surface area (TPSA) is 130 Å². The van der Waals surface area contributed by atoms with Crippen LogP contribution in [0.1, 0.15) is 31.1 Å². The predicted octanol–water partition coefficient (Wildman–Crippen LogP) is 5.95. The summed E-state index contributed by atoms with van der Waals surface area (Å²) < 4.78 is 32.5. The normalized spacial score (nSPS) is 21.2. The molecule has 1 aliphatic heterocycles. The molecule has 1 fully saturated rings. The van der Waals surface area contributed by atoms with Crippen molar-refractivity contribution < 1.29 is 42.8 Å². The van der Waals surface area contributed by atoms with Crippen LogP contribution in [0.25, 0.3) is 0 Å². The van der Waals surface area contributed by atoms with Gasteiger partial charge in [-0.15, -0.1) is 6.58 Å². The van der Waals surface area contributed by atoms with E-state index >= 15 is 0 Å². The lowest BCUT2D eigenvalue weighted by Crippen LogP contribution is -2.63. The smallest absolute Gasteiger partial charge is 0.338 e. The average Bonchev–Trinajstić information content (AvgIpc) is 3.05. The molecule has 1 N–H and O–H groups in total. The Bertz CT molecular complexity index is 1470. The van der Waals surface area contributed by atoms with E-state index in [1.54, 1.807) is 66.7 Å². The fraction of sp³-hybridized carbons (Fsp3) is 0.250. The van der Waals surface area contributed by atoms with Gasteiger partial charge in [0.1, 0.15) is 18.8 Å². The van der Waals surface area contributed by atoms with E-state index < -0.39 is 64.9 Å². The Morgan fingerprint density at radius 3 is 1.67 bits per heavy atom. The van der Waals surface area contributed by atoms with E-state index in [4.69, 9.17) is 68.6 Å². The molecule has 236 valence electrons. The Morgan fingerprint density at radius 1 is 0.733 bits per heavy atom. The number of hydrogen-bond donors (Lipinski definition) is 1. The first-order chi connectivity index (χ1) is 21.6. The molecular formula is C32H28Cl3NO9. The maximum absolute atomic E-state index is 13.3. The lowest BCUT2D eigenvalue weighted by Gasteiger charge is -2.44. The maximum Gasteiger partial charge on any atom is 0.338 e. The zero-order chi connectivity index (χ0) is 32.4. The van der Waals surface area contributed by atoms with Gasteiger partial charge in [-0.1, -0.05) is 95.5 Å². The van der Waals surface area contributed by atoms with Gasteiger partial charge in [0, 0.05) is 0 Å². The minimum Gasteiger partial charge on any atom is -0.459 e. The molecule has 0 spiro atoms. The number of ether oxygens (including phenoxy) is 6. The molecule has 3 aromatic carbocycles. The number of rotatable bonds is 11. The van der Waals surface area contributed by atoms with Gasteiger partial charge >= 0.3 is 17.9 Å². The van der Waals surface area contributed by atoms with Gasteiger partial charge in [0.15, 0.2) is 12.2 Å². The zero-order valence-electron chi connectivity index (χ0n) is 23.6. The molecule has 1 heterocycles. The zero-order valence-corrected chi connectivity index (χ0v) is 25.8. The van der Waals surface area contributed by atoms with Gasteiger partial charge in [0.2, 0.25) is 12.2 Å². The average molecular weight is 677 g/mol. The lowest BCUT2D eigenvalue weighted by atomic mass is 9.97. The van der Waals surface area contributed by atoms with E-state index in [2.05, 4.69) is 6.58 Å². The summed E-state index contributed by atoms with van der Waals surface area (Å²) in [6, 6.07) is 24.3. The van der Waals surface area contributed by atoms with Crippen LogP contribution in [-0.2, 0) is 28.4 Å². The molecule has 45 heavy (non-hydrogen) atoms. The summed E-state index contributed by atoms with van der Waals surface area (Å²) in [5.41, 5.74) is 0.632. The molecule has 0 bridgehead atoms. The first kappa shape index (κ1) is 34.0. The highest BCUT2D eigenvalue weighted by Crippen LogP contribution is 2.34. The van der Waals surface area contributed by atoms with Gasteiger partial charge in [-0.05, 0) is 36.4 Å². The molecule has 0 aromatic heterocycles. The predicted molar refractivity (Wildman–Crippen MR) is 166 cm³/mol. The minimum absolute atomic E-state index is 0.103. The van der Waals surface area contributed by atoms with Crippen LogP contribution in [0.2, 0.25) is 0 Å². The van der Waals surface area contributed by atoms with Crippen LogP contribution < -0.4 is 0 Å². The number of alkyl halides is 3. The van der Waals surface area contributed by atoms with Gasteiger partial charge < -0.3 is 28.4 Å². The summed E-state index contributed by atoms with van der Waals surface area (Å²) in [6.07, 6.45) is -5.67. The third-order valence-corrected chi connectivity index (χ3v) is 6.90. The molecule has 13 heteroatoms. The molecule has 0 saturated carbocycles. The molecule has 10 nitrogen and oxygen atoms in total. The summed E-state index contributed by atoms with van der Waals surface area (Å²) in [5.74, 6) is -3.13. The highest BCUT2D eigenvalue weighted by molar-refractivity contribution is 6.76. The van der Waals surface area contributed by atoms with E-state index in [9.17, 15) is 14.4 Å². The molecule has 1 aliphatic rings. The van der Waals surface area contributed by atoms with Crippen molar-refractivity contribution in [3.05, 3.63) is 120 Å².